The molecular formula is C17H35N3O2. The first-order valence-corrected chi connectivity index (χ1v) is 8.58. The summed E-state index contributed by atoms with van der Waals surface area (Å²) in [7, 11) is 4.22. The van der Waals surface area contributed by atoms with Crippen molar-refractivity contribution < 1.29 is 9.90 Å². The molecule has 2 N–H and O–H groups in total. The van der Waals surface area contributed by atoms with Crippen molar-refractivity contribution in [3.63, 3.8) is 0 Å². The maximum Gasteiger partial charge on any atom is 0.317 e. The summed E-state index contributed by atoms with van der Waals surface area (Å²) in [6.07, 6.45) is 4.24. The number of aliphatic hydroxyl groups excluding tert-OH is 1. The summed E-state index contributed by atoms with van der Waals surface area (Å²) in [5.74, 6) is 0.701. The molecule has 3 atom stereocenters. The SMILES string of the molecule is CC(O)CN(C(=O)NCC1(N(C)C)CCCC(C)C1)C(C)C. The van der Waals surface area contributed by atoms with Crippen LogP contribution in [-0.4, -0.2) is 65.8 Å². The standard InChI is InChI=1S/C17H35N3O2/c1-13(2)20(11-15(4)21)16(22)18-12-17(19(5)6)9-7-8-14(3)10-17/h13-15,21H,7-12H2,1-6H3,(H,18,22). The van der Waals surface area contributed by atoms with Gasteiger partial charge in [-0.3, -0.25) is 0 Å². The molecule has 2 amide bonds. The minimum atomic E-state index is -0.509. The van der Waals surface area contributed by atoms with Crippen LogP contribution in [0.15, 0.2) is 0 Å². The van der Waals surface area contributed by atoms with Gasteiger partial charge in [-0.25, -0.2) is 4.79 Å². The van der Waals surface area contributed by atoms with Gasteiger partial charge in [0.15, 0.2) is 0 Å². The Morgan fingerprint density at radius 3 is 2.45 bits per heavy atom. The van der Waals surface area contributed by atoms with E-state index >= 15 is 0 Å². The molecule has 1 saturated carbocycles. The Hall–Kier alpha value is -0.810. The van der Waals surface area contributed by atoms with Gasteiger partial charge in [0, 0.05) is 24.7 Å². The Balaban J connectivity index is 2.69. The monoisotopic (exact) mass is 313 g/mol. The van der Waals surface area contributed by atoms with E-state index in [4.69, 9.17) is 0 Å². The molecular weight excluding hydrogens is 278 g/mol. The summed E-state index contributed by atoms with van der Waals surface area (Å²) in [6.45, 7) is 9.01. The van der Waals surface area contributed by atoms with Crippen molar-refractivity contribution in [1.82, 2.24) is 15.1 Å². The average Bonchev–Trinajstić information content (AvgIpc) is 2.41. The van der Waals surface area contributed by atoms with E-state index in [1.165, 1.54) is 12.8 Å². The van der Waals surface area contributed by atoms with Crippen LogP contribution in [-0.2, 0) is 0 Å². The number of hydrogen-bond donors (Lipinski definition) is 2. The van der Waals surface area contributed by atoms with Gasteiger partial charge >= 0.3 is 6.03 Å². The third-order valence-corrected chi connectivity index (χ3v) is 4.93. The van der Waals surface area contributed by atoms with Crippen LogP contribution in [0.4, 0.5) is 4.79 Å². The Morgan fingerprint density at radius 1 is 1.36 bits per heavy atom. The summed E-state index contributed by atoms with van der Waals surface area (Å²) in [4.78, 5) is 16.5. The van der Waals surface area contributed by atoms with Crippen LogP contribution in [0.3, 0.4) is 0 Å². The topological polar surface area (TPSA) is 55.8 Å². The van der Waals surface area contributed by atoms with Gasteiger partial charge in [0.2, 0.25) is 0 Å². The molecule has 130 valence electrons. The lowest BCUT2D eigenvalue weighted by atomic mass is 9.75. The van der Waals surface area contributed by atoms with E-state index in [2.05, 4.69) is 31.2 Å². The molecule has 22 heavy (non-hydrogen) atoms. The smallest absolute Gasteiger partial charge is 0.317 e. The lowest BCUT2D eigenvalue weighted by Gasteiger charge is -2.45. The van der Waals surface area contributed by atoms with Crippen LogP contribution in [0, 0.1) is 5.92 Å². The second kappa shape index (κ2) is 8.16. The summed E-state index contributed by atoms with van der Waals surface area (Å²) in [5.41, 5.74) is 0.0564. The second-order valence-corrected chi connectivity index (χ2v) is 7.57. The molecule has 0 aromatic rings. The lowest BCUT2D eigenvalue weighted by molar-refractivity contribution is 0.0720. The average molecular weight is 313 g/mol. The van der Waals surface area contributed by atoms with Gasteiger partial charge in [0.25, 0.3) is 0 Å². The highest BCUT2D eigenvalue weighted by atomic mass is 16.3. The Morgan fingerprint density at radius 2 is 2.00 bits per heavy atom. The van der Waals surface area contributed by atoms with Crippen molar-refractivity contribution in [2.45, 2.75) is 71.1 Å². The highest BCUT2D eigenvalue weighted by molar-refractivity contribution is 5.74. The van der Waals surface area contributed by atoms with Crippen LogP contribution in [0.2, 0.25) is 0 Å². The zero-order chi connectivity index (χ0) is 16.9. The van der Waals surface area contributed by atoms with Crippen LogP contribution in [0.1, 0.15) is 53.4 Å². The van der Waals surface area contributed by atoms with Crippen molar-refractivity contribution in [1.29, 1.82) is 0 Å². The molecule has 5 nitrogen and oxygen atoms in total. The fraction of sp³-hybridized carbons (Fsp3) is 0.941. The molecule has 1 fully saturated rings. The molecule has 1 rings (SSSR count). The van der Waals surface area contributed by atoms with Gasteiger partial charge < -0.3 is 20.2 Å². The number of likely N-dealkylation sites (N-methyl/N-ethyl adjacent to an activating group) is 1. The summed E-state index contributed by atoms with van der Waals surface area (Å²) in [6, 6.07) is 0.00513. The molecule has 1 aliphatic rings. The van der Waals surface area contributed by atoms with E-state index in [0.29, 0.717) is 19.0 Å². The van der Waals surface area contributed by atoms with Crippen LogP contribution in [0.25, 0.3) is 0 Å². The van der Waals surface area contributed by atoms with E-state index in [9.17, 15) is 9.90 Å². The van der Waals surface area contributed by atoms with Crippen molar-refractivity contribution in [3.8, 4) is 0 Å². The largest absolute Gasteiger partial charge is 0.392 e. The number of carbonyl (C=O) groups excluding carboxylic acids is 1. The molecule has 0 saturated heterocycles. The normalized spacial score (nSPS) is 27.0. The molecule has 1 aliphatic carbocycles. The molecule has 0 heterocycles. The molecule has 0 aliphatic heterocycles. The Kier molecular flexibility index (Phi) is 7.13. The number of amides is 2. The van der Waals surface area contributed by atoms with Gasteiger partial charge in [0.05, 0.1) is 6.10 Å². The molecule has 0 aromatic heterocycles. The minimum absolute atomic E-state index is 0.0564. The molecule has 0 radical (unpaired) electrons. The van der Waals surface area contributed by atoms with E-state index in [1.54, 1.807) is 11.8 Å². The number of rotatable bonds is 6. The summed E-state index contributed by atoms with van der Waals surface area (Å²) < 4.78 is 0. The van der Waals surface area contributed by atoms with Crippen LogP contribution < -0.4 is 5.32 Å². The fourth-order valence-corrected chi connectivity index (χ4v) is 3.51. The highest BCUT2D eigenvalue weighted by Gasteiger charge is 2.37. The molecule has 5 heteroatoms. The highest BCUT2D eigenvalue weighted by Crippen LogP contribution is 2.35. The molecule has 3 unspecified atom stereocenters. The van der Waals surface area contributed by atoms with Crippen LogP contribution >= 0.6 is 0 Å². The molecule has 0 bridgehead atoms. The first kappa shape index (κ1) is 19.2. The summed E-state index contributed by atoms with van der Waals surface area (Å²) >= 11 is 0. The number of nitrogens with one attached hydrogen (secondary N) is 1. The lowest BCUT2D eigenvalue weighted by Crippen LogP contribution is -2.57. The summed E-state index contributed by atoms with van der Waals surface area (Å²) in [5, 5.41) is 12.7. The predicted octanol–water partition coefficient (Wildman–Crippen LogP) is 2.30. The number of urea groups is 1. The predicted molar refractivity (Wildman–Crippen MR) is 91.0 cm³/mol. The van der Waals surface area contributed by atoms with Gasteiger partial charge in [-0.1, -0.05) is 19.8 Å². The zero-order valence-corrected chi connectivity index (χ0v) is 15.2. The Labute approximate surface area is 136 Å². The van der Waals surface area contributed by atoms with E-state index < -0.39 is 6.10 Å². The van der Waals surface area contributed by atoms with E-state index in [-0.39, 0.29) is 17.6 Å². The van der Waals surface area contributed by atoms with Crippen molar-refractivity contribution >= 4 is 6.03 Å². The number of carbonyl (C=O) groups is 1. The zero-order valence-electron chi connectivity index (χ0n) is 15.2. The number of hydrogen-bond acceptors (Lipinski definition) is 3. The van der Waals surface area contributed by atoms with Gasteiger partial charge in [-0.2, -0.15) is 0 Å². The van der Waals surface area contributed by atoms with Crippen molar-refractivity contribution in [3.05, 3.63) is 0 Å². The Bertz CT molecular complexity index is 358. The third-order valence-electron chi connectivity index (χ3n) is 4.93. The molecule has 0 aromatic carbocycles. The quantitative estimate of drug-likeness (QED) is 0.791. The minimum Gasteiger partial charge on any atom is -0.392 e. The van der Waals surface area contributed by atoms with E-state index in [1.807, 2.05) is 13.8 Å². The molecule has 0 spiro atoms. The fourth-order valence-electron chi connectivity index (χ4n) is 3.51. The maximum atomic E-state index is 12.5. The van der Waals surface area contributed by atoms with Gasteiger partial charge in [0.1, 0.15) is 0 Å². The maximum absolute atomic E-state index is 12.5. The first-order chi connectivity index (χ1) is 10.2. The second-order valence-electron chi connectivity index (χ2n) is 7.57. The van der Waals surface area contributed by atoms with Gasteiger partial charge in [-0.05, 0) is 53.6 Å². The van der Waals surface area contributed by atoms with Crippen molar-refractivity contribution in [2.24, 2.45) is 5.92 Å². The third kappa shape index (κ3) is 5.13. The van der Waals surface area contributed by atoms with Crippen molar-refractivity contribution in [2.75, 3.05) is 27.2 Å². The van der Waals surface area contributed by atoms with Crippen LogP contribution in [0.5, 0.6) is 0 Å². The first-order valence-electron chi connectivity index (χ1n) is 8.58. The number of aliphatic hydroxyl groups is 1. The van der Waals surface area contributed by atoms with Gasteiger partial charge in [-0.15, -0.1) is 0 Å². The van der Waals surface area contributed by atoms with E-state index in [0.717, 1.165) is 12.8 Å². The number of nitrogens with zero attached hydrogens (tertiary/aromatic N) is 2.